The standard InChI is InChI=1S/C21H22F2N4O/c1-12-8-14(20(22)23)19(18(9-12)28-2)15-5-6-16-21(26-15)27-17(11-25-16)13-4-3-7-24-10-13/h5-6,8-9,11,13,20,24H,3-4,7,10H2,1-2H3. The van der Waals surface area contributed by atoms with Crippen molar-refractivity contribution in [3.63, 3.8) is 0 Å². The van der Waals surface area contributed by atoms with E-state index in [-0.39, 0.29) is 5.56 Å². The Morgan fingerprint density at radius 3 is 2.79 bits per heavy atom. The summed E-state index contributed by atoms with van der Waals surface area (Å²) in [6, 6.07) is 6.67. The first-order valence-electron chi connectivity index (χ1n) is 9.38. The first-order valence-corrected chi connectivity index (χ1v) is 9.38. The number of fused-ring (bicyclic) bond motifs is 1. The average molecular weight is 384 g/mol. The molecule has 0 radical (unpaired) electrons. The number of nitrogens with one attached hydrogen (secondary N) is 1. The van der Waals surface area contributed by atoms with Gasteiger partial charge in [-0.25, -0.2) is 18.7 Å². The van der Waals surface area contributed by atoms with Crippen molar-refractivity contribution in [3.05, 3.63) is 47.3 Å². The van der Waals surface area contributed by atoms with Crippen LogP contribution in [-0.2, 0) is 0 Å². The number of rotatable bonds is 4. The fourth-order valence-electron chi connectivity index (χ4n) is 3.74. The van der Waals surface area contributed by atoms with E-state index in [1.807, 2.05) is 0 Å². The van der Waals surface area contributed by atoms with Crippen molar-refractivity contribution in [1.82, 2.24) is 20.3 Å². The summed E-state index contributed by atoms with van der Waals surface area (Å²) in [6.07, 6.45) is 1.30. The summed E-state index contributed by atoms with van der Waals surface area (Å²) in [6.45, 7) is 3.65. The molecule has 5 nitrogen and oxygen atoms in total. The highest BCUT2D eigenvalue weighted by atomic mass is 19.3. The van der Waals surface area contributed by atoms with Gasteiger partial charge >= 0.3 is 0 Å². The second-order valence-corrected chi connectivity index (χ2v) is 7.11. The molecular weight excluding hydrogens is 362 g/mol. The van der Waals surface area contributed by atoms with Gasteiger partial charge in [0, 0.05) is 24.2 Å². The molecule has 0 amide bonds. The molecule has 1 saturated heterocycles. The van der Waals surface area contributed by atoms with Gasteiger partial charge in [-0.2, -0.15) is 0 Å². The van der Waals surface area contributed by atoms with Gasteiger partial charge in [0.1, 0.15) is 11.3 Å². The molecule has 1 aliphatic rings. The molecule has 3 aromatic rings. The van der Waals surface area contributed by atoms with Crippen molar-refractivity contribution >= 4 is 11.2 Å². The van der Waals surface area contributed by atoms with Crippen LogP contribution in [0.3, 0.4) is 0 Å². The molecule has 1 aromatic carbocycles. The molecule has 2 aromatic heterocycles. The van der Waals surface area contributed by atoms with E-state index < -0.39 is 6.43 Å². The molecule has 0 spiro atoms. The van der Waals surface area contributed by atoms with Crippen LogP contribution in [0.4, 0.5) is 8.78 Å². The van der Waals surface area contributed by atoms with Crippen molar-refractivity contribution in [1.29, 1.82) is 0 Å². The molecule has 1 unspecified atom stereocenters. The number of aromatic nitrogens is 3. The second-order valence-electron chi connectivity index (χ2n) is 7.11. The summed E-state index contributed by atoms with van der Waals surface area (Å²) >= 11 is 0. The number of alkyl halides is 2. The van der Waals surface area contributed by atoms with Crippen LogP contribution < -0.4 is 10.1 Å². The van der Waals surface area contributed by atoms with Crippen molar-refractivity contribution in [2.45, 2.75) is 32.1 Å². The fraction of sp³-hybridized carbons (Fsp3) is 0.381. The normalized spacial score (nSPS) is 17.2. The van der Waals surface area contributed by atoms with Gasteiger partial charge in [-0.1, -0.05) is 0 Å². The Morgan fingerprint density at radius 2 is 2.07 bits per heavy atom. The Morgan fingerprint density at radius 1 is 1.21 bits per heavy atom. The molecule has 3 heterocycles. The van der Waals surface area contributed by atoms with Gasteiger partial charge in [0.15, 0.2) is 5.65 Å². The predicted octanol–water partition coefficient (Wildman–Crippen LogP) is 4.41. The van der Waals surface area contributed by atoms with E-state index >= 15 is 0 Å². The average Bonchev–Trinajstić information content (AvgIpc) is 2.72. The molecule has 0 aliphatic carbocycles. The van der Waals surface area contributed by atoms with E-state index in [1.165, 1.54) is 13.2 Å². The summed E-state index contributed by atoms with van der Waals surface area (Å²) < 4.78 is 32.8. The maximum Gasteiger partial charge on any atom is 0.264 e. The highest BCUT2D eigenvalue weighted by Gasteiger charge is 2.22. The Balaban J connectivity index is 1.83. The number of hydrogen-bond acceptors (Lipinski definition) is 5. The van der Waals surface area contributed by atoms with E-state index in [0.29, 0.717) is 39.7 Å². The topological polar surface area (TPSA) is 59.9 Å². The Bertz CT molecular complexity index is 1000. The number of ether oxygens (including phenoxy) is 1. The number of halogens is 2. The van der Waals surface area contributed by atoms with Crippen LogP contribution in [-0.4, -0.2) is 35.2 Å². The van der Waals surface area contributed by atoms with Gasteiger partial charge in [0.05, 0.1) is 24.1 Å². The van der Waals surface area contributed by atoms with Crippen LogP contribution in [0.25, 0.3) is 22.4 Å². The monoisotopic (exact) mass is 384 g/mol. The summed E-state index contributed by atoms with van der Waals surface area (Å²) in [4.78, 5) is 13.7. The highest BCUT2D eigenvalue weighted by molar-refractivity contribution is 5.79. The highest BCUT2D eigenvalue weighted by Crippen LogP contribution is 2.39. The fourth-order valence-corrected chi connectivity index (χ4v) is 3.74. The van der Waals surface area contributed by atoms with Gasteiger partial charge in [0.2, 0.25) is 0 Å². The van der Waals surface area contributed by atoms with Crippen LogP contribution >= 0.6 is 0 Å². The lowest BCUT2D eigenvalue weighted by Crippen LogP contribution is -2.28. The summed E-state index contributed by atoms with van der Waals surface area (Å²) in [5.41, 5.74) is 3.32. The molecule has 146 valence electrons. The maximum absolute atomic E-state index is 13.7. The minimum Gasteiger partial charge on any atom is -0.496 e. The van der Waals surface area contributed by atoms with Crippen LogP contribution in [0.2, 0.25) is 0 Å². The third-order valence-electron chi connectivity index (χ3n) is 5.13. The molecule has 1 N–H and O–H groups in total. The third kappa shape index (κ3) is 3.54. The molecule has 7 heteroatoms. The molecular formula is C21H22F2N4O. The van der Waals surface area contributed by atoms with Crippen LogP contribution in [0.15, 0.2) is 30.5 Å². The van der Waals surface area contributed by atoms with Crippen LogP contribution in [0, 0.1) is 6.92 Å². The number of methoxy groups -OCH3 is 1. The molecule has 4 rings (SSSR count). The SMILES string of the molecule is COc1cc(C)cc(C(F)F)c1-c1ccc2ncc(C3CCCNC3)nc2n1. The number of pyridine rings is 1. The van der Waals surface area contributed by atoms with Gasteiger partial charge in [-0.3, -0.25) is 4.98 Å². The van der Waals surface area contributed by atoms with E-state index in [9.17, 15) is 8.78 Å². The van der Waals surface area contributed by atoms with Crippen molar-refractivity contribution < 1.29 is 13.5 Å². The Kier molecular flexibility index (Phi) is 5.17. The van der Waals surface area contributed by atoms with Gasteiger partial charge in [-0.05, 0) is 56.1 Å². The van der Waals surface area contributed by atoms with E-state index in [0.717, 1.165) is 31.6 Å². The Labute approximate surface area is 162 Å². The quantitative estimate of drug-likeness (QED) is 0.722. The van der Waals surface area contributed by atoms with Crippen LogP contribution in [0.5, 0.6) is 5.75 Å². The first kappa shape index (κ1) is 18.7. The minimum atomic E-state index is -2.63. The molecule has 1 fully saturated rings. The number of aryl methyl sites for hydroxylation is 1. The summed E-state index contributed by atoms with van der Waals surface area (Å²) in [7, 11) is 1.47. The third-order valence-corrected chi connectivity index (χ3v) is 5.13. The van der Waals surface area contributed by atoms with Gasteiger partial charge < -0.3 is 10.1 Å². The van der Waals surface area contributed by atoms with E-state index in [1.54, 1.807) is 31.3 Å². The lowest BCUT2D eigenvalue weighted by molar-refractivity contribution is 0.151. The largest absolute Gasteiger partial charge is 0.496 e. The van der Waals surface area contributed by atoms with Gasteiger partial charge in [0.25, 0.3) is 6.43 Å². The zero-order valence-corrected chi connectivity index (χ0v) is 15.9. The zero-order chi connectivity index (χ0) is 19.7. The van der Waals surface area contributed by atoms with E-state index in [4.69, 9.17) is 9.72 Å². The van der Waals surface area contributed by atoms with E-state index in [2.05, 4.69) is 15.3 Å². The minimum absolute atomic E-state index is 0.0932. The number of piperidine rings is 1. The lowest BCUT2D eigenvalue weighted by Gasteiger charge is -2.22. The number of benzene rings is 1. The number of nitrogens with zero attached hydrogens (tertiary/aromatic N) is 3. The van der Waals surface area contributed by atoms with Crippen molar-refractivity contribution in [3.8, 4) is 17.0 Å². The molecule has 0 bridgehead atoms. The van der Waals surface area contributed by atoms with Crippen molar-refractivity contribution in [2.75, 3.05) is 20.2 Å². The second kappa shape index (κ2) is 7.75. The summed E-state index contributed by atoms with van der Waals surface area (Å²) in [5, 5.41) is 3.37. The molecule has 28 heavy (non-hydrogen) atoms. The van der Waals surface area contributed by atoms with Crippen molar-refractivity contribution in [2.24, 2.45) is 0 Å². The summed E-state index contributed by atoms with van der Waals surface area (Å²) in [5.74, 6) is 0.671. The van der Waals surface area contributed by atoms with Crippen LogP contribution in [0.1, 0.15) is 42.0 Å². The lowest BCUT2D eigenvalue weighted by atomic mass is 9.96. The molecule has 0 saturated carbocycles. The first-order chi connectivity index (χ1) is 13.6. The molecule has 1 atom stereocenters. The number of hydrogen-bond donors (Lipinski definition) is 1. The van der Waals surface area contributed by atoms with Gasteiger partial charge in [-0.15, -0.1) is 0 Å². The Hall–Kier alpha value is -2.67. The molecule has 1 aliphatic heterocycles. The predicted molar refractivity (Wildman–Crippen MR) is 104 cm³/mol. The smallest absolute Gasteiger partial charge is 0.264 e. The zero-order valence-electron chi connectivity index (χ0n) is 15.9. The maximum atomic E-state index is 13.7.